The molecule has 3 nitrogen and oxygen atoms in total. The molecule has 0 radical (unpaired) electrons. The van der Waals surface area contributed by atoms with Crippen LogP contribution in [0.5, 0.6) is 0 Å². The number of hydrogen-bond acceptors (Lipinski definition) is 3. The van der Waals surface area contributed by atoms with Crippen LogP contribution < -0.4 is 4.90 Å². The van der Waals surface area contributed by atoms with Gasteiger partial charge in [-0.15, -0.1) is 0 Å². The predicted molar refractivity (Wildman–Crippen MR) is 70.4 cm³/mol. The Balaban J connectivity index is 2.19. The summed E-state index contributed by atoms with van der Waals surface area (Å²) in [7, 11) is 0. The lowest BCUT2D eigenvalue weighted by atomic mass is 10.1. The van der Waals surface area contributed by atoms with Crippen LogP contribution in [0.1, 0.15) is 37.6 Å². The van der Waals surface area contributed by atoms with Crippen LogP contribution in [-0.4, -0.2) is 28.8 Å². The Morgan fingerprint density at radius 2 is 2.06 bits per heavy atom. The second-order valence-corrected chi connectivity index (χ2v) is 5.18. The molecule has 1 aliphatic rings. The SMILES string of the molecule is Cc1cc(N2CCCC2CC(C)O)cc(C)n1. The van der Waals surface area contributed by atoms with Crippen LogP contribution >= 0.6 is 0 Å². The van der Waals surface area contributed by atoms with Crippen molar-refractivity contribution >= 4 is 5.69 Å². The molecule has 1 N–H and O–H groups in total. The maximum atomic E-state index is 9.55. The second kappa shape index (κ2) is 5.05. The van der Waals surface area contributed by atoms with E-state index >= 15 is 0 Å². The van der Waals surface area contributed by atoms with Gasteiger partial charge >= 0.3 is 0 Å². The van der Waals surface area contributed by atoms with E-state index in [1.165, 1.54) is 18.5 Å². The van der Waals surface area contributed by atoms with E-state index in [9.17, 15) is 5.11 Å². The topological polar surface area (TPSA) is 36.4 Å². The molecule has 0 aromatic carbocycles. The molecule has 0 spiro atoms. The Hall–Kier alpha value is -1.09. The average Bonchev–Trinajstić information content (AvgIpc) is 2.63. The lowest BCUT2D eigenvalue weighted by molar-refractivity contribution is 0.175. The molecule has 17 heavy (non-hydrogen) atoms. The molecule has 1 fully saturated rings. The van der Waals surface area contributed by atoms with Crippen molar-refractivity contribution < 1.29 is 5.11 Å². The first-order chi connectivity index (χ1) is 8.06. The fraction of sp³-hybridized carbons (Fsp3) is 0.643. The fourth-order valence-electron chi connectivity index (χ4n) is 2.79. The van der Waals surface area contributed by atoms with Crippen molar-refractivity contribution in [2.75, 3.05) is 11.4 Å². The average molecular weight is 234 g/mol. The Labute approximate surface area is 103 Å². The van der Waals surface area contributed by atoms with Gasteiger partial charge in [0.15, 0.2) is 0 Å². The zero-order chi connectivity index (χ0) is 12.4. The maximum absolute atomic E-state index is 9.55. The Morgan fingerprint density at radius 1 is 1.41 bits per heavy atom. The summed E-state index contributed by atoms with van der Waals surface area (Å²) in [6.45, 7) is 7.05. The van der Waals surface area contributed by atoms with Crippen LogP contribution in [-0.2, 0) is 0 Å². The molecule has 2 atom stereocenters. The highest BCUT2D eigenvalue weighted by Crippen LogP contribution is 2.28. The summed E-state index contributed by atoms with van der Waals surface area (Å²) < 4.78 is 0. The minimum absolute atomic E-state index is 0.218. The summed E-state index contributed by atoms with van der Waals surface area (Å²) in [6, 6.07) is 4.77. The van der Waals surface area contributed by atoms with Crippen molar-refractivity contribution in [3.05, 3.63) is 23.5 Å². The van der Waals surface area contributed by atoms with Crippen LogP contribution in [0, 0.1) is 13.8 Å². The number of anilines is 1. The largest absolute Gasteiger partial charge is 0.393 e. The number of rotatable bonds is 3. The molecule has 0 aliphatic carbocycles. The molecule has 0 saturated carbocycles. The summed E-state index contributed by atoms with van der Waals surface area (Å²) >= 11 is 0. The Bertz CT molecular complexity index is 370. The van der Waals surface area contributed by atoms with Gasteiger partial charge in [-0.3, -0.25) is 4.98 Å². The van der Waals surface area contributed by atoms with Gasteiger partial charge in [-0.05, 0) is 52.2 Å². The number of pyridine rings is 1. The van der Waals surface area contributed by atoms with Gasteiger partial charge in [0.25, 0.3) is 0 Å². The fourth-order valence-corrected chi connectivity index (χ4v) is 2.79. The minimum Gasteiger partial charge on any atom is -0.393 e. The van der Waals surface area contributed by atoms with Crippen LogP contribution in [0.4, 0.5) is 5.69 Å². The van der Waals surface area contributed by atoms with Crippen molar-refractivity contribution in [1.29, 1.82) is 0 Å². The van der Waals surface area contributed by atoms with Gasteiger partial charge in [0.1, 0.15) is 0 Å². The highest BCUT2D eigenvalue weighted by molar-refractivity contribution is 5.50. The van der Waals surface area contributed by atoms with Crippen LogP contribution in [0.3, 0.4) is 0 Å². The minimum atomic E-state index is -0.218. The molecule has 2 heterocycles. The molecular weight excluding hydrogens is 212 g/mol. The maximum Gasteiger partial charge on any atom is 0.0531 e. The van der Waals surface area contributed by atoms with E-state index < -0.39 is 0 Å². The highest BCUT2D eigenvalue weighted by Gasteiger charge is 2.26. The van der Waals surface area contributed by atoms with Gasteiger partial charge in [-0.2, -0.15) is 0 Å². The third-order valence-corrected chi connectivity index (χ3v) is 3.39. The molecule has 1 aromatic heterocycles. The standard InChI is InChI=1S/C14H22N2O/c1-10-7-14(8-11(2)15-10)16-6-4-5-13(16)9-12(3)17/h7-8,12-13,17H,4-6,9H2,1-3H3. The molecule has 3 heteroatoms. The number of hydrogen-bond donors (Lipinski definition) is 1. The van der Waals surface area contributed by atoms with Crippen molar-refractivity contribution in [2.24, 2.45) is 0 Å². The zero-order valence-electron chi connectivity index (χ0n) is 11.0. The van der Waals surface area contributed by atoms with Gasteiger partial charge < -0.3 is 10.0 Å². The van der Waals surface area contributed by atoms with Crippen LogP contribution in [0.15, 0.2) is 12.1 Å². The molecule has 0 bridgehead atoms. The van der Waals surface area contributed by atoms with Gasteiger partial charge in [-0.25, -0.2) is 0 Å². The molecule has 2 unspecified atom stereocenters. The van der Waals surface area contributed by atoms with Crippen molar-refractivity contribution in [3.63, 3.8) is 0 Å². The van der Waals surface area contributed by atoms with Crippen LogP contribution in [0.25, 0.3) is 0 Å². The number of aromatic nitrogens is 1. The smallest absolute Gasteiger partial charge is 0.0531 e. The van der Waals surface area contributed by atoms with Gasteiger partial charge in [0, 0.05) is 29.7 Å². The molecule has 1 aliphatic heterocycles. The molecule has 1 saturated heterocycles. The van der Waals surface area contributed by atoms with Gasteiger partial charge in [-0.1, -0.05) is 0 Å². The summed E-state index contributed by atoms with van der Waals surface area (Å²) in [5.74, 6) is 0. The number of aliphatic hydroxyl groups excluding tert-OH is 1. The van der Waals surface area contributed by atoms with E-state index in [4.69, 9.17) is 0 Å². The third-order valence-electron chi connectivity index (χ3n) is 3.39. The Morgan fingerprint density at radius 3 is 2.65 bits per heavy atom. The van der Waals surface area contributed by atoms with Gasteiger partial charge in [0.05, 0.1) is 6.10 Å². The van der Waals surface area contributed by atoms with E-state index in [0.29, 0.717) is 6.04 Å². The second-order valence-electron chi connectivity index (χ2n) is 5.18. The van der Waals surface area contributed by atoms with Gasteiger partial charge in [0.2, 0.25) is 0 Å². The van der Waals surface area contributed by atoms with Crippen molar-refractivity contribution in [2.45, 2.75) is 52.2 Å². The first kappa shape index (κ1) is 12.4. The molecule has 0 amide bonds. The molecule has 2 rings (SSSR count). The van der Waals surface area contributed by atoms with E-state index in [-0.39, 0.29) is 6.10 Å². The van der Waals surface area contributed by atoms with Crippen LogP contribution in [0.2, 0.25) is 0 Å². The molecule has 94 valence electrons. The first-order valence-corrected chi connectivity index (χ1v) is 6.46. The highest BCUT2D eigenvalue weighted by atomic mass is 16.3. The van der Waals surface area contributed by atoms with Crippen molar-refractivity contribution in [3.8, 4) is 0 Å². The van der Waals surface area contributed by atoms with E-state index in [2.05, 4.69) is 22.0 Å². The molecule has 1 aromatic rings. The lowest BCUT2D eigenvalue weighted by Gasteiger charge is -2.28. The lowest BCUT2D eigenvalue weighted by Crippen LogP contribution is -2.31. The quantitative estimate of drug-likeness (QED) is 0.872. The van der Waals surface area contributed by atoms with E-state index in [1.54, 1.807) is 0 Å². The monoisotopic (exact) mass is 234 g/mol. The number of aryl methyl sites for hydroxylation is 2. The molecular formula is C14H22N2O. The summed E-state index contributed by atoms with van der Waals surface area (Å²) in [6.07, 6.45) is 3.05. The first-order valence-electron chi connectivity index (χ1n) is 6.46. The summed E-state index contributed by atoms with van der Waals surface area (Å²) in [5, 5.41) is 9.55. The summed E-state index contributed by atoms with van der Waals surface area (Å²) in [4.78, 5) is 6.84. The predicted octanol–water partition coefficient (Wildman–Crippen LogP) is 2.44. The van der Waals surface area contributed by atoms with Crippen molar-refractivity contribution in [1.82, 2.24) is 4.98 Å². The normalized spacial score (nSPS) is 21.9. The van der Waals surface area contributed by atoms with E-state index in [0.717, 1.165) is 24.4 Å². The Kier molecular flexibility index (Phi) is 3.67. The number of nitrogens with zero attached hydrogens (tertiary/aromatic N) is 2. The number of aliphatic hydroxyl groups is 1. The summed E-state index contributed by atoms with van der Waals surface area (Å²) in [5.41, 5.74) is 3.41. The third kappa shape index (κ3) is 2.97. The zero-order valence-corrected chi connectivity index (χ0v) is 11.0. The van der Waals surface area contributed by atoms with E-state index in [1.807, 2.05) is 20.8 Å².